The summed E-state index contributed by atoms with van der Waals surface area (Å²) in [5, 5.41) is 26.7. The summed E-state index contributed by atoms with van der Waals surface area (Å²) in [5.74, 6) is 0. The summed E-state index contributed by atoms with van der Waals surface area (Å²) >= 11 is 0. The number of halogens is 1. The third-order valence-electron chi connectivity index (χ3n) is 0.578. The second-order valence-electron chi connectivity index (χ2n) is 1.15. The van der Waals surface area contributed by atoms with Gasteiger partial charge >= 0.3 is 0 Å². The average Bonchev–Trinajstić information content (AvgIpc) is 1.65. The van der Waals surface area contributed by atoms with Crippen LogP contribution in [0.15, 0.2) is 0 Å². The van der Waals surface area contributed by atoms with Crippen LogP contribution in [0.5, 0.6) is 0 Å². The molecule has 0 aliphatic heterocycles. The number of rotatable bonds is 2. The quantitative estimate of drug-likeness (QED) is 0.346. The molecule has 0 aliphatic carbocycles. The maximum absolute atomic E-state index is 8.32. The molecule has 4 nitrogen and oxygen atoms in total. The van der Waals surface area contributed by atoms with Gasteiger partial charge in [-0.15, -0.1) is 12.4 Å². The molecule has 0 radical (unpaired) electrons. The third-order valence-corrected chi connectivity index (χ3v) is 0.578. The number of aliphatic hydroxyl groups is 3. The first-order valence-electron chi connectivity index (χ1n) is 1.90. The van der Waals surface area contributed by atoms with Crippen molar-refractivity contribution in [3.63, 3.8) is 0 Å². The third kappa shape index (κ3) is 4.29. The Labute approximate surface area is 53.6 Å². The fourth-order valence-electron chi connectivity index (χ4n) is 0.149. The van der Waals surface area contributed by atoms with Crippen LogP contribution in [0, 0.1) is 0 Å². The zero-order valence-corrected chi connectivity index (χ0v) is 5.22. The van der Waals surface area contributed by atoms with E-state index >= 15 is 0 Å². The fraction of sp³-hybridized carbons (Fsp3) is 1.00. The number of nitrogens with one attached hydrogen (secondary N) is 1. The molecule has 0 aromatic heterocycles. The smallest absolute Gasteiger partial charge is 0.192 e. The van der Waals surface area contributed by atoms with Crippen molar-refractivity contribution in [2.45, 2.75) is 12.5 Å². The van der Waals surface area contributed by atoms with Crippen LogP contribution in [0.1, 0.15) is 0 Å². The molecule has 0 aromatic carbocycles. The Bertz CT molecular complexity index is 51.8. The normalized spacial score (nSPS) is 13.1. The lowest BCUT2D eigenvalue weighted by Crippen LogP contribution is -2.36. The Morgan fingerprint density at radius 2 is 1.62 bits per heavy atom. The lowest BCUT2D eigenvalue weighted by molar-refractivity contribution is -0.130. The van der Waals surface area contributed by atoms with E-state index in [0.29, 0.717) is 0 Å². The van der Waals surface area contributed by atoms with Gasteiger partial charge in [-0.2, -0.15) is 0 Å². The molecule has 0 amide bonds. The minimum atomic E-state index is -1.69. The fourth-order valence-corrected chi connectivity index (χ4v) is 0.149. The maximum atomic E-state index is 8.32. The van der Waals surface area contributed by atoms with Gasteiger partial charge in [-0.1, -0.05) is 0 Å². The molecular formula is C3H10ClNO3. The van der Waals surface area contributed by atoms with Gasteiger partial charge in [0.2, 0.25) is 0 Å². The predicted octanol–water partition coefficient (Wildman–Crippen LogP) is -1.74. The van der Waals surface area contributed by atoms with E-state index in [-0.39, 0.29) is 12.4 Å². The molecule has 0 bridgehead atoms. The van der Waals surface area contributed by atoms with Crippen molar-refractivity contribution in [2.24, 2.45) is 0 Å². The summed E-state index contributed by atoms with van der Waals surface area (Å²) in [5.41, 5.74) is 0. The monoisotopic (exact) mass is 143 g/mol. The molecule has 0 aromatic rings. The first-order chi connectivity index (χ1) is 3.18. The molecule has 4 N–H and O–H groups in total. The van der Waals surface area contributed by atoms with E-state index in [1.807, 2.05) is 0 Å². The van der Waals surface area contributed by atoms with E-state index in [4.69, 9.17) is 15.3 Å². The van der Waals surface area contributed by atoms with Crippen LogP contribution in [0.25, 0.3) is 0 Å². The van der Waals surface area contributed by atoms with Crippen molar-refractivity contribution in [1.82, 2.24) is 5.32 Å². The summed E-state index contributed by atoms with van der Waals surface area (Å²) < 4.78 is 0. The van der Waals surface area contributed by atoms with Crippen molar-refractivity contribution in [1.29, 1.82) is 0 Å². The van der Waals surface area contributed by atoms with Crippen LogP contribution in [0.4, 0.5) is 0 Å². The highest BCUT2D eigenvalue weighted by Gasteiger charge is 2.06. The summed E-state index contributed by atoms with van der Waals surface area (Å²) in [7, 11) is 1.42. The van der Waals surface area contributed by atoms with Gasteiger partial charge in [-0.3, -0.25) is 5.32 Å². The Morgan fingerprint density at radius 1 is 1.25 bits per heavy atom. The molecule has 1 atom stereocenters. The van der Waals surface area contributed by atoms with Gasteiger partial charge in [0, 0.05) is 0 Å². The van der Waals surface area contributed by atoms with Gasteiger partial charge < -0.3 is 15.3 Å². The number of likely N-dealkylation sites (N-methyl/N-ethyl adjacent to an activating group) is 1. The van der Waals surface area contributed by atoms with E-state index in [2.05, 4.69) is 5.32 Å². The molecular weight excluding hydrogens is 133 g/mol. The number of hydrogen-bond acceptors (Lipinski definition) is 4. The highest BCUT2D eigenvalue weighted by Crippen LogP contribution is 1.78. The summed E-state index contributed by atoms with van der Waals surface area (Å²) in [4.78, 5) is 0. The second-order valence-corrected chi connectivity index (χ2v) is 1.15. The van der Waals surface area contributed by atoms with Crippen LogP contribution in [-0.2, 0) is 0 Å². The van der Waals surface area contributed by atoms with Crippen LogP contribution in [0.2, 0.25) is 0 Å². The molecule has 0 heterocycles. The Morgan fingerprint density at radius 3 is 1.62 bits per heavy atom. The molecule has 0 spiro atoms. The van der Waals surface area contributed by atoms with Gasteiger partial charge in [0.15, 0.2) is 12.5 Å². The van der Waals surface area contributed by atoms with Crippen LogP contribution in [0.3, 0.4) is 0 Å². The van der Waals surface area contributed by atoms with Crippen molar-refractivity contribution in [2.75, 3.05) is 7.05 Å². The van der Waals surface area contributed by atoms with E-state index in [1.165, 1.54) is 7.05 Å². The van der Waals surface area contributed by atoms with Crippen LogP contribution in [-0.4, -0.2) is 34.9 Å². The number of hydrogen-bond donors (Lipinski definition) is 4. The van der Waals surface area contributed by atoms with E-state index in [1.54, 1.807) is 0 Å². The van der Waals surface area contributed by atoms with Gasteiger partial charge in [0.05, 0.1) is 0 Å². The van der Waals surface area contributed by atoms with Crippen molar-refractivity contribution < 1.29 is 15.3 Å². The molecule has 52 valence electrons. The average molecular weight is 144 g/mol. The first kappa shape index (κ1) is 11.0. The van der Waals surface area contributed by atoms with Gasteiger partial charge in [0.25, 0.3) is 0 Å². The summed E-state index contributed by atoms with van der Waals surface area (Å²) in [6.07, 6.45) is -2.93. The minimum Gasteiger partial charge on any atom is -0.373 e. The molecule has 8 heavy (non-hydrogen) atoms. The molecule has 5 heteroatoms. The molecule has 0 saturated heterocycles. The van der Waals surface area contributed by atoms with Crippen molar-refractivity contribution in [3.05, 3.63) is 0 Å². The van der Waals surface area contributed by atoms with Crippen LogP contribution < -0.4 is 5.32 Å². The van der Waals surface area contributed by atoms with Crippen molar-refractivity contribution in [3.8, 4) is 0 Å². The van der Waals surface area contributed by atoms with Crippen molar-refractivity contribution >= 4 is 12.4 Å². The van der Waals surface area contributed by atoms with E-state index < -0.39 is 12.5 Å². The highest BCUT2D eigenvalue weighted by molar-refractivity contribution is 5.85. The molecule has 0 rings (SSSR count). The van der Waals surface area contributed by atoms with Gasteiger partial charge in [0.1, 0.15) is 0 Å². The zero-order valence-electron chi connectivity index (χ0n) is 4.40. The standard InChI is InChI=1S/C3H9NO3.ClH/c1-4-2(5)3(6)7;/h2-7H,1H3;1H. The SMILES string of the molecule is CNC(O)C(O)O.Cl. The first-order valence-corrected chi connectivity index (χ1v) is 1.90. The summed E-state index contributed by atoms with van der Waals surface area (Å²) in [6.45, 7) is 0. The van der Waals surface area contributed by atoms with E-state index in [0.717, 1.165) is 0 Å². The molecule has 0 fully saturated rings. The van der Waals surface area contributed by atoms with E-state index in [9.17, 15) is 0 Å². The largest absolute Gasteiger partial charge is 0.373 e. The Kier molecular flexibility index (Phi) is 7.25. The van der Waals surface area contributed by atoms with Gasteiger partial charge in [-0.25, -0.2) is 0 Å². The topological polar surface area (TPSA) is 72.7 Å². The zero-order chi connectivity index (χ0) is 5.86. The Hall–Kier alpha value is 0.130. The lowest BCUT2D eigenvalue weighted by atomic mass is 10.6. The second kappa shape index (κ2) is 5.27. The Balaban J connectivity index is 0. The number of aliphatic hydroxyl groups excluding tert-OH is 2. The minimum absolute atomic E-state index is 0. The molecule has 0 saturated carbocycles. The molecule has 1 unspecified atom stereocenters. The van der Waals surface area contributed by atoms with Gasteiger partial charge in [-0.05, 0) is 7.05 Å². The highest BCUT2D eigenvalue weighted by atomic mass is 35.5. The predicted molar refractivity (Wildman–Crippen MR) is 30.5 cm³/mol. The lowest BCUT2D eigenvalue weighted by Gasteiger charge is -2.09. The maximum Gasteiger partial charge on any atom is 0.192 e. The summed E-state index contributed by atoms with van der Waals surface area (Å²) in [6, 6.07) is 0. The molecule has 0 aliphatic rings. The van der Waals surface area contributed by atoms with Crippen LogP contribution >= 0.6 is 12.4 Å².